The van der Waals surface area contributed by atoms with Gasteiger partial charge < -0.3 is 14.9 Å². The third-order valence-corrected chi connectivity index (χ3v) is 4.60. The maximum Gasteiger partial charge on any atom is 0.346 e. The van der Waals surface area contributed by atoms with Crippen molar-refractivity contribution in [1.82, 2.24) is 9.97 Å². The molecule has 9 nitrogen and oxygen atoms in total. The number of ether oxygens (including phenoxy) is 1. The summed E-state index contributed by atoms with van der Waals surface area (Å²) in [5.41, 5.74) is -1.51. The van der Waals surface area contributed by atoms with Crippen LogP contribution in [0.15, 0.2) is 60.9 Å². The fourth-order valence-corrected chi connectivity index (χ4v) is 3.26. The molecular weight excluding hydrogens is 404 g/mol. The zero-order valence-electron chi connectivity index (χ0n) is 15.6. The van der Waals surface area contributed by atoms with Crippen LogP contribution in [0.4, 0.5) is 0 Å². The number of aromatic carboxylic acids is 2. The molecule has 0 bridgehead atoms. The molecule has 9 heteroatoms. The zero-order valence-corrected chi connectivity index (χ0v) is 15.6. The summed E-state index contributed by atoms with van der Waals surface area (Å²) in [7, 11) is 0. The average Bonchev–Trinajstić information content (AvgIpc) is 2.76. The van der Waals surface area contributed by atoms with E-state index in [4.69, 9.17) is 4.74 Å². The monoisotopic (exact) mass is 416 g/mol. The zero-order chi connectivity index (χ0) is 22.1. The van der Waals surface area contributed by atoms with Gasteiger partial charge in [0.25, 0.3) is 0 Å². The number of hydrogen-bond acceptors (Lipinski definition) is 7. The Balaban J connectivity index is 1.76. The van der Waals surface area contributed by atoms with E-state index in [0.717, 1.165) is 0 Å². The Bertz CT molecular complexity index is 1300. The van der Waals surface area contributed by atoms with E-state index < -0.39 is 35.0 Å². The van der Waals surface area contributed by atoms with Gasteiger partial charge in [0.1, 0.15) is 11.1 Å². The highest BCUT2D eigenvalue weighted by Crippen LogP contribution is 2.24. The minimum absolute atomic E-state index is 0.0537. The van der Waals surface area contributed by atoms with Gasteiger partial charge in [-0.05, 0) is 24.3 Å². The molecule has 152 valence electrons. The molecule has 0 atom stereocenters. The molecule has 2 aromatic heterocycles. The summed E-state index contributed by atoms with van der Waals surface area (Å²) in [6.07, 6.45) is 2.74. The van der Waals surface area contributed by atoms with Crippen LogP contribution >= 0.6 is 0 Å². The second kappa shape index (κ2) is 7.64. The Morgan fingerprint density at radius 3 is 1.45 bits per heavy atom. The van der Waals surface area contributed by atoms with Crippen molar-refractivity contribution in [1.29, 1.82) is 0 Å². The number of benzene rings is 2. The van der Waals surface area contributed by atoms with Crippen LogP contribution in [0.2, 0.25) is 0 Å². The van der Waals surface area contributed by atoms with Crippen LogP contribution in [-0.4, -0.2) is 44.1 Å². The number of esters is 2. The van der Waals surface area contributed by atoms with E-state index in [1.54, 1.807) is 24.3 Å². The molecule has 0 aliphatic carbocycles. The van der Waals surface area contributed by atoms with Gasteiger partial charge in [-0.25, -0.2) is 19.2 Å². The van der Waals surface area contributed by atoms with Gasteiger partial charge >= 0.3 is 23.9 Å². The molecular formula is C22H12N2O7. The van der Waals surface area contributed by atoms with E-state index in [9.17, 15) is 29.4 Å². The average molecular weight is 416 g/mol. The van der Waals surface area contributed by atoms with Crippen LogP contribution in [0, 0.1) is 0 Å². The molecule has 0 spiro atoms. The van der Waals surface area contributed by atoms with E-state index in [2.05, 4.69) is 9.97 Å². The van der Waals surface area contributed by atoms with E-state index in [-0.39, 0.29) is 22.2 Å². The number of carboxylic acid groups (broad SMARTS) is 2. The molecule has 2 aromatic carbocycles. The Labute approximate surface area is 173 Å². The highest BCUT2D eigenvalue weighted by atomic mass is 16.6. The van der Waals surface area contributed by atoms with Gasteiger partial charge in [-0.2, -0.15) is 0 Å². The van der Waals surface area contributed by atoms with Crippen molar-refractivity contribution in [3.63, 3.8) is 0 Å². The summed E-state index contributed by atoms with van der Waals surface area (Å²) in [6, 6.07) is 11.8. The first kappa shape index (κ1) is 19.6. The number of hydrogen-bond donors (Lipinski definition) is 2. The van der Waals surface area contributed by atoms with E-state index >= 15 is 0 Å². The van der Waals surface area contributed by atoms with Crippen LogP contribution in [0.5, 0.6) is 0 Å². The van der Waals surface area contributed by atoms with Crippen molar-refractivity contribution in [2.75, 3.05) is 0 Å². The largest absolute Gasteiger partial charge is 0.478 e. The van der Waals surface area contributed by atoms with Crippen LogP contribution in [-0.2, 0) is 4.74 Å². The first-order chi connectivity index (χ1) is 14.9. The number of pyridine rings is 2. The molecule has 31 heavy (non-hydrogen) atoms. The highest BCUT2D eigenvalue weighted by Gasteiger charge is 2.27. The molecule has 4 aromatic rings. The van der Waals surface area contributed by atoms with Gasteiger partial charge in [0.2, 0.25) is 0 Å². The molecule has 0 radical (unpaired) electrons. The maximum atomic E-state index is 12.6. The summed E-state index contributed by atoms with van der Waals surface area (Å²) in [5, 5.41) is 20.1. The predicted octanol–water partition coefficient (Wildman–Crippen LogP) is 3.18. The lowest BCUT2D eigenvalue weighted by atomic mass is 10.0. The number of rotatable bonds is 4. The molecule has 0 aliphatic rings. The topological polar surface area (TPSA) is 144 Å². The number of carbonyl (C=O) groups is 4. The fourth-order valence-electron chi connectivity index (χ4n) is 3.26. The van der Waals surface area contributed by atoms with Crippen LogP contribution in [0.25, 0.3) is 21.8 Å². The third-order valence-electron chi connectivity index (χ3n) is 4.60. The first-order valence-corrected chi connectivity index (χ1v) is 8.87. The van der Waals surface area contributed by atoms with Gasteiger partial charge in [0.05, 0.1) is 22.2 Å². The number of carboxylic acids is 2. The van der Waals surface area contributed by atoms with E-state index in [1.807, 2.05) is 0 Å². The van der Waals surface area contributed by atoms with E-state index in [1.165, 1.54) is 36.7 Å². The lowest BCUT2D eigenvalue weighted by Gasteiger charge is -2.10. The number of carbonyl (C=O) groups excluding carboxylic acids is 2. The Hall–Kier alpha value is -4.66. The van der Waals surface area contributed by atoms with Gasteiger partial charge in [0, 0.05) is 23.2 Å². The SMILES string of the molecule is O=C(OC(=O)c1ccc2cccnc2c1C(=O)O)c1ccc2cccnc2c1C(=O)O. The highest BCUT2D eigenvalue weighted by molar-refractivity contribution is 6.16. The minimum atomic E-state index is -1.43. The molecule has 0 saturated carbocycles. The van der Waals surface area contributed by atoms with Crippen LogP contribution in [0.3, 0.4) is 0 Å². The van der Waals surface area contributed by atoms with Gasteiger partial charge in [-0.3, -0.25) is 9.97 Å². The second-order valence-electron chi connectivity index (χ2n) is 6.41. The summed E-state index contributed by atoms with van der Waals surface area (Å²) >= 11 is 0. The van der Waals surface area contributed by atoms with Crippen molar-refractivity contribution in [3.05, 3.63) is 83.2 Å². The standard InChI is InChI=1S/C22H12N2O7/c25-19(26)15-13(7-5-11-3-1-9-23-17(11)15)21(29)31-22(30)14-8-6-12-4-2-10-24-18(12)16(14)20(27)28/h1-10H,(H,25,26)(H,27,28). The quantitative estimate of drug-likeness (QED) is 0.378. The molecule has 2 heterocycles. The van der Waals surface area contributed by atoms with Crippen molar-refractivity contribution in [3.8, 4) is 0 Å². The van der Waals surface area contributed by atoms with Crippen molar-refractivity contribution < 1.29 is 34.1 Å². The maximum absolute atomic E-state index is 12.6. The van der Waals surface area contributed by atoms with E-state index in [0.29, 0.717) is 10.8 Å². The first-order valence-electron chi connectivity index (χ1n) is 8.87. The summed E-state index contributed by atoms with van der Waals surface area (Å²) in [6.45, 7) is 0. The molecule has 2 N–H and O–H groups in total. The van der Waals surface area contributed by atoms with Crippen molar-refractivity contribution >= 4 is 45.7 Å². The lowest BCUT2D eigenvalue weighted by Crippen LogP contribution is -2.19. The van der Waals surface area contributed by atoms with Gasteiger partial charge in [-0.15, -0.1) is 0 Å². The molecule has 0 fully saturated rings. The smallest absolute Gasteiger partial charge is 0.346 e. The minimum Gasteiger partial charge on any atom is -0.478 e. The Morgan fingerprint density at radius 2 is 1.06 bits per heavy atom. The number of fused-ring (bicyclic) bond motifs is 2. The Morgan fingerprint density at radius 1 is 0.645 bits per heavy atom. The molecule has 4 rings (SSSR count). The number of aromatic nitrogens is 2. The Kier molecular flexibility index (Phi) is 4.84. The summed E-state index contributed by atoms with van der Waals surface area (Å²) < 4.78 is 4.84. The van der Waals surface area contributed by atoms with Crippen molar-refractivity contribution in [2.24, 2.45) is 0 Å². The predicted molar refractivity (Wildman–Crippen MR) is 107 cm³/mol. The third kappa shape index (κ3) is 3.44. The fraction of sp³-hybridized carbons (Fsp3) is 0. The van der Waals surface area contributed by atoms with Crippen molar-refractivity contribution in [2.45, 2.75) is 0 Å². The molecule has 0 unspecified atom stereocenters. The molecule has 0 saturated heterocycles. The van der Waals surface area contributed by atoms with Gasteiger partial charge in [0.15, 0.2) is 0 Å². The van der Waals surface area contributed by atoms with Gasteiger partial charge in [-0.1, -0.05) is 24.3 Å². The number of nitrogens with zero attached hydrogens (tertiary/aromatic N) is 2. The lowest BCUT2D eigenvalue weighted by molar-refractivity contribution is 0.0387. The molecule has 0 aliphatic heterocycles. The van der Waals surface area contributed by atoms with Crippen LogP contribution in [0.1, 0.15) is 41.4 Å². The summed E-state index contributed by atoms with van der Waals surface area (Å²) in [5.74, 6) is -5.34. The second-order valence-corrected chi connectivity index (χ2v) is 6.41. The molecule has 0 amide bonds. The normalized spacial score (nSPS) is 10.7. The van der Waals surface area contributed by atoms with Crippen LogP contribution < -0.4 is 0 Å². The summed E-state index contributed by atoms with van der Waals surface area (Å²) in [4.78, 5) is 56.8.